The maximum Gasteiger partial charge on any atom is 0.0468 e. The van der Waals surface area contributed by atoms with Gasteiger partial charge in [-0.05, 0) is 5.92 Å². The third-order valence-electron chi connectivity index (χ3n) is 1.85. The van der Waals surface area contributed by atoms with Crippen molar-refractivity contribution in [1.82, 2.24) is 10.6 Å². The maximum atomic E-state index is 8.68. The third-order valence-corrected chi connectivity index (χ3v) is 1.85. The lowest BCUT2D eigenvalue weighted by Crippen LogP contribution is -2.56. The van der Waals surface area contributed by atoms with Crippen molar-refractivity contribution in [3.8, 4) is 0 Å². The van der Waals surface area contributed by atoms with Crippen LogP contribution >= 0.6 is 0 Å². The van der Waals surface area contributed by atoms with Crippen molar-refractivity contribution in [2.45, 2.75) is 13.0 Å². The molecular weight excluding hydrogens is 128 g/mol. The predicted octanol–water partition coefficient (Wildman–Crippen LogP) is -0.824. The van der Waals surface area contributed by atoms with Crippen molar-refractivity contribution >= 4 is 0 Å². The Bertz CT molecular complexity index is 88.9. The van der Waals surface area contributed by atoms with Crippen LogP contribution in [0.25, 0.3) is 0 Å². The summed E-state index contributed by atoms with van der Waals surface area (Å²) in [5.74, 6) is 0.389. The van der Waals surface area contributed by atoms with Crippen molar-refractivity contribution in [3.63, 3.8) is 0 Å². The largest absolute Gasteiger partial charge is 0.396 e. The molecule has 1 aliphatic rings. The summed E-state index contributed by atoms with van der Waals surface area (Å²) in [5.41, 5.74) is 0. The molecule has 1 unspecified atom stereocenters. The second-order valence-electron chi connectivity index (χ2n) is 3.05. The van der Waals surface area contributed by atoms with Gasteiger partial charge < -0.3 is 15.7 Å². The highest BCUT2D eigenvalue weighted by Gasteiger charge is 2.15. The van der Waals surface area contributed by atoms with E-state index in [-0.39, 0.29) is 6.61 Å². The smallest absolute Gasteiger partial charge is 0.0468 e. The Hall–Kier alpha value is -0.120. The average molecular weight is 144 g/mol. The van der Waals surface area contributed by atoms with Crippen molar-refractivity contribution < 1.29 is 5.11 Å². The van der Waals surface area contributed by atoms with Crippen LogP contribution in [-0.2, 0) is 0 Å². The summed E-state index contributed by atoms with van der Waals surface area (Å²) < 4.78 is 0. The number of hydrogen-bond acceptors (Lipinski definition) is 3. The minimum atomic E-state index is 0.285. The van der Waals surface area contributed by atoms with Crippen LogP contribution in [0.4, 0.5) is 0 Å². The predicted molar refractivity (Wildman–Crippen MR) is 40.9 cm³/mol. The summed E-state index contributed by atoms with van der Waals surface area (Å²) in [6.07, 6.45) is 0. The van der Waals surface area contributed by atoms with Gasteiger partial charge in [0.05, 0.1) is 0 Å². The molecule has 0 spiro atoms. The molecule has 0 aromatic heterocycles. The fourth-order valence-electron chi connectivity index (χ4n) is 0.865. The van der Waals surface area contributed by atoms with Gasteiger partial charge in [0.2, 0.25) is 0 Å². The van der Waals surface area contributed by atoms with E-state index in [0.29, 0.717) is 12.0 Å². The molecule has 1 heterocycles. The van der Waals surface area contributed by atoms with Crippen LogP contribution in [0.1, 0.15) is 6.92 Å². The first-order valence-corrected chi connectivity index (χ1v) is 3.88. The monoisotopic (exact) mass is 144 g/mol. The number of nitrogens with one attached hydrogen (secondary N) is 2. The molecule has 1 rings (SSSR count). The normalized spacial score (nSPS) is 22.2. The lowest BCUT2D eigenvalue weighted by Gasteiger charge is -2.29. The molecule has 60 valence electrons. The van der Waals surface area contributed by atoms with Crippen molar-refractivity contribution in [3.05, 3.63) is 0 Å². The third kappa shape index (κ3) is 2.25. The van der Waals surface area contributed by atoms with E-state index >= 15 is 0 Å². The summed E-state index contributed by atoms with van der Waals surface area (Å²) >= 11 is 0. The minimum Gasteiger partial charge on any atom is -0.396 e. The first kappa shape index (κ1) is 7.98. The molecular formula is C7H16N2O. The number of aliphatic hydroxyl groups is 1. The fraction of sp³-hybridized carbons (Fsp3) is 1.00. The van der Waals surface area contributed by atoms with Gasteiger partial charge in [-0.3, -0.25) is 0 Å². The first-order valence-electron chi connectivity index (χ1n) is 3.88. The van der Waals surface area contributed by atoms with Crippen LogP contribution < -0.4 is 10.6 Å². The Morgan fingerprint density at radius 2 is 2.40 bits per heavy atom. The molecule has 10 heavy (non-hydrogen) atoms. The standard InChI is InChI=1S/C7H16N2O/c1-6(5-10)2-9-7-3-8-4-7/h6-10H,2-5H2,1H3. The highest BCUT2D eigenvalue weighted by Crippen LogP contribution is 1.94. The van der Waals surface area contributed by atoms with E-state index < -0.39 is 0 Å². The van der Waals surface area contributed by atoms with E-state index in [2.05, 4.69) is 10.6 Å². The van der Waals surface area contributed by atoms with Crippen LogP contribution in [0.2, 0.25) is 0 Å². The highest BCUT2D eigenvalue weighted by atomic mass is 16.3. The maximum absolute atomic E-state index is 8.68. The Morgan fingerprint density at radius 3 is 2.80 bits per heavy atom. The minimum absolute atomic E-state index is 0.285. The van der Waals surface area contributed by atoms with Crippen LogP contribution in [0.15, 0.2) is 0 Å². The Kier molecular flexibility index (Phi) is 3.12. The number of hydrogen-bond donors (Lipinski definition) is 3. The van der Waals surface area contributed by atoms with E-state index in [9.17, 15) is 0 Å². The van der Waals surface area contributed by atoms with Crippen LogP contribution in [0.3, 0.4) is 0 Å². The zero-order valence-electron chi connectivity index (χ0n) is 6.43. The molecule has 1 atom stereocenters. The van der Waals surface area contributed by atoms with E-state index in [1.54, 1.807) is 0 Å². The van der Waals surface area contributed by atoms with Gasteiger partial charge in [0.25, 0.3) is 0 Å². The van der Waals surface area contributed by atoms with Crippen molar-refractivity contribution in [2.75, 3.05) is 26.2 Å². The van der Waals surface area contributed by atoms with Crippen LogP contribution in [0, 0.1) is 5.92 Å². The lowest BCUT2D eigenvalue weighted by molar-refractivity contribution is 0.224. The van der Waals surface area contributed by atoms with Gasteiger partial charge in [0, 0.05) is 32.3 Å². The van der Waals surface area contributed by atoms with Gasteiger partial charge in [-0.15, -0.1) is 0 Å². The lowest BCUT2D eigenvalue weighted by atomic mass is 10.1. The summed E-state index contributed by atoms with van der Waals surface area (Å²) in [6.45, 7) is 5.42. The summed E-state index contributed by atoms with van der Waals surface area (Å²) in [5, 5.41) is 15.2. The van der Waals surface area contributed by atoms with E-state index in [4.69, 9.17) is 5.11 Å². The van der Waals surface area contributed by atoms with E-state index in [1.165, 1.54) is 0 Å². The zero-order chi connectivity index (χ0) is 7.40. The Labute approximate surface area is 61.8 Å². The van der Waals surface area contributed by atoms with Gasteiger partial charge in [-0.2, -0.15) is 0 Å². The van der Waals surface area contributed by atoms with Crippen LogP contribution in [-0.4, -0.2) is 37.4 Å². The fourth-order valence-corrected chi connectivity index (χ4v) is 0.865. The molecule has 0 aliphatic carbocycles. The molecule has 3 N–H and O–H groups in total. The Morgan fingerprint density at radius 1 is 1.70 bits per heavy atom. The second kappa shape index (κ2) is 3.91. The molecule has 0 radical (unpaired) electrons. The molecule has 1 aliphatic heterocycles. The molecule has 3 heteroatoms. The zero-order valence-corrected chi connectivity index (χ0v) is 6.43. The molecule has 0 aromatic carbocycles. The van der Waals surface area contributed by atoms with Crippen molar-refractivity contribution in [1.29, 1.82) is 0 Å². The molecule has 0 aromatic rings. The number of rotatable bonds is 4. The van der Waals surface area contributed by atoms with Gasteiger partial charge in [-0.25, -0.2) is 0 Å². The summed E-state index contributed by atoms with van der Waals surface area (Å²) in [4.78, 5) is 0. The summed E-state index contributed by atoms with van der Waals surface area (Å²) in [7, 11) is 0. The quantitative estimate of drug-likeness (QED) is 0.483. The highest BCUT2D eigenvalue weighted by molar-refractivity contribution is 4.81. The topological polar surface area (TPSA) is 44.3 Å². The van der Waals surface area contributed by atoms with Gasteiger partial charge in [0.1, 0.15) is 0 Å². The van der Waals surface area contributed by atoms with Gasteiger partial charge in [0.15, 0.2) is 0 Å². The SMILES string of the molecule is CC(CO)CNC1CNC1. The molecule has 0 saturated carbocycles. The second-order valence-corrected chi connectivity index (χ2v) is 3.05. The first-order chi connectivity index (χ1) is 4.83. The van der Waals surface area contributed by atoms with Gasteiger partial charge in [-0.1, -0.05) is 6.92 Å². The number of aliphatic hydroxyl groups excluding tert-OH is 1. The van der Waals surface area contributed by atoms with Gasteiger partial charge >= 0.3 is 0 Å². The average Bonchev–Trinajstić information content (AvgIpc) is 1.84. The van der Waals surface area contributed by atoms with Crippen LogP contribution in [0.5, 0.6) is 0 Å². The molecule has 3 nitrogen and oxygen atoms in total. The molecule has 0 amide bonds. The van der Waals surface area contributed by atoms with E-state index in [1.807, 2.05) is 6.92 Å². The van der Waals surface area contributed by atoms with Crippen molar-refractivity contribution in [2.24, 2.45) is 5.92 Å². The molecule has 1 fully saturated rings. The Balaban J connectivity index is 1.93. The molecule has 1 saturated heterocycles. The summed E-state index contributed by atoms with van der Waals surface area (Å²) in [6, 6.07) is 0.647. The van der Waals surface area contributed by atoms with E-state index in [0.717, 1.165) is 19.6 Å². The molecule has 0 bridgehead atoms.